The Morgan fingerprint density at radius 2 is 2.00 bits per heavy atom. The molecule has 1 aromatic carbocycles. The second kappa shape index (κ2) is 6.95. The maximum Gasteiger partial charge on any atom is 0.240 e. The summed E-state index contributed by atoms with van der Waals surface area (Å²) in [7, 11) is 1.47. The molecule has 0 unspecified atom stereocenters. The molecule has 20 heavy (non-hydrogen) atoms. The molecule has 0 spiro atoms. The monoisotopic (exact) mass is 288 g/mol. The van der Waals surface area contributed by atoms with Gasteiger partial charge in [-0.3, -0.25) is 4.90 Å². The second-order valence-electron chi connectivity index (χ2n) is 4.81. The molecule has 0 saturated carbocycles. The molecule has 1 heterocycles. The molecule has 1 aliphatic heterocycles. The molecule has 0 radical (unpaired) electrons. The smallest absolute Gasteiger partial charge is 0.240 e. The Morgan fingerprint density at radius 3 is 2.60 bits per heavy atom. The van der Waals surface area contributed by atoms with E-state index >= 15 is 0 Å². The van der Waals surface area contributed by atoms with Crippen LogP contribution in [0.2, 0.25) is 0 Å². The summed E-state index contributed by atoms with van der Waals surface area (Å²) in [6.07, 6.45) is -2.76. The number of nitrogens with one attached hydrogen (secondary N) is 1. The van der Waals surface area contributed by atoms with E-state index in [9.17, 15) is 13.2 Å². The van der Waals surface area contributed by atoms with Crippen molar-refractivity contribution >= 4 is 0 Å². The van der Waals surface area contributed by atoms with Gasteiger partial charge >= 0.3 is 0 Å². The predicted molar refractivity (Wildman–Crippen MR) is 70.8 cm³/mol. The van der Waals surface area contributed by atoms with E-state index < -0.39 is 18.3 Å². The van der Waals surface area contributed by atoms with Crippen molar-refractivity contribution in [2.45, 2.75) is 18.9 Å². The lowest BCUT2D eigenvalue weighted by molar-refractivity contribution is 0.0728. The highest BCUT2D eigenvalue weighted by molar-refractivity contribution is 5.36. The van der Waals surface area contributed by atoms with Gasteiger partial charge in [-0.1, -0.05) is 0 Å². The minimum atomic E-state index is -2.44. The lowest BCUT2D eigenvalue weighted by Gasteiger charge is -2.35. The van der Waals surface area contributed by atoms with Gasteiger partial charge in [0.15, 0.2) is 0 Å². The van der Waals surface area contributed by atoms with Crippen molar-refractivity contribution in [3.05, 3.63) is 29.6 Å². The van der Waals surface area contributed by atoms with Gasteiger partial charge in [0.05, 0.1) is 7.11 Å². The van der Waals surface area contributed by atoms with Gasteiger partial charge in [0.2, 0.25) is 6.43 Å². The fourth-order valence-electron chi connectivity index (χ4n) is 2.60. The van der Waals surface area contributed by atoms with Gasteiger partial charge in [-0.25, -0.2) is 13.2 Å². The SMILES string of the molecule is COc1ccc(F)cc1[C@@H](CC(F)F)N1CCNCC1. The number of methoxy groups -OCH3 is 1. The predicted octanol–water partition coefficient (Wildman–Crippen LogP) is 2.44. The van der Waals surface area contributed by atoms with Crippen LogP contribution in [0.1, 0.15) is 18.0 Å². The summed E-state index contributed by atoms with van der Waals surface area (Å²) >= 11 is 0. The normalized spacial score (nSPS) is 18.2. The Morgan fingerprint density at radius 1 is 1.30 bits per heavy atom. The number of ether oxygens (including phenoxy) is 1. The van der Waals surface area contributed by atoms with E-state index in [0.29, 0.717) is 24.4 Å². The average molecular weight is 288 g/mol. The lowest BCUT2D eigenvalue weighted by Crippen LogP contribution is -2.45. The van der Waals surface area contributed by atoms with E-state index in [-0.39, 0.29) is 6.42 Å². The molecule has 6 heteroatoms. The summed E-state index contributed by atoms with van der Waals surface area (Å²) in [6, 6.07) is 3.54. The topological polar surface area (TPSA) is 24.5 Å². The number of alkyl halides is 2. The first-order chi connectivity index (χ1) is 9.61. The molecule has 1 aliphatic rings. The summed E-state index contributed by atoms with van der Waals surface area (Å²) in [5, 5.41) is 3.18. The fourth-order valence-corrected chi connectivity index (χ4v) is 2.60. The van der Waals surface area contributed by atoms with Crippen LogP contribution in [0.5, 0.6) is 5.75 Å². The standard InChI is InChI=1S/C14H19F3N2O/c1-20-13-3-2-10(15)8-11(13)12(9-14(16)17)19-6-4-18-5-7-19/h2-3,8,12,14,18H,4-7,9H2,1H3/t12-/m1/s1. The summed E-state index contributed by atoms with van der Waals surface area (Å²) in [5.74, 6) is 0.0192. The molecule has 0 bridgehead atoms. The van der Waals surface area contributed by atoms with Gasteiger partial charge in [0, 0.05) is 44.2 Å². The summed E-state index contributed by atoms with van der Waals surface area (Å²) < 4.78 is 44.4. The molecule has 1 N–H and O–H groups in total. The quantitative estimate of drug-likeness (QED) is 0.900. The van der Waals surface area contributed by atoms with Crippen LogP contribution < -0.4 is 10.1 Å². The van der Waals surface area contributed by atoms with Crippen molar-refractivity contribution in [2.75, 3.05) is 33.3 Å². The largest absolute Gasteiger partial charge is 0.496 e. The van der Waals surface area contributed by atoms with E-state index in [1.54, 1.807) is 0 Å². The first-order valence-corrected chi connectivity index (χ1v) is 6.68. The number of hydrogen-bond acceptors (Lipinski definition) is 3. The third-order valence-corrected chi connectivity index (χ3v) is 3.54. The molecule has 1 aromatic rings. The maximum atomic E-state index is 13.5. The highest BCUT2D eigenvalue weighted by atomic mass is 19.3. The van der Waals surface area contributed by atoms with Crippen LogP contribution in [-0.4, -0.2) is 44.6 Å². The number of halogens is 3. The zero-order valence-electron chi connectivity index (χ0n) is 11.4. The molecule has 112 valence electrons. The molecule has 2 rings (SSSR count). The molecule has 0 aromatic heterocycles. The van der Waals surface area contributed by atoms with E-state index in [1.165, 1.54) is 25.3 Å². The van der Waals surface area contributed by atoms with Crippen molar-refractivity contribution in [2.24, 2.45) is 0 Å². The number of piperazine rings is 1. The Bertz CT molecular complexity index is 436. The highest BCUT2D eigenvalue weighted by Crippen LogP contribution is 2.34. The van der Waals surface area contributed by atoms with Crippen LogP contribution in [0.15, 0.2) is 18.2 Å². The lowest BCUT2D eigenvalue weighted by atomic mass is 10.00. The van der Waals surface area contributed by atoms with Gasteiger partial charge in [0.1, 0.15) is 11.6 Å². The molecule has 1 saturated heterocycles. The van der Waals surface area contributed by atoms with Gasteiger partial charge in [-0.15, -0.1) is 0 Å². The Kier molecular flexibility index (Phi) is 5.25. The molecular formula is C14H19F3N2O. The average Bonchev–Trinajstić information content (AvgIpc) is 2.45. The molecule has 1 fully saturated rings. The van der Waals surface area contributed by atoms with Gasteiger partial charge in [0.25, 0.3) is 0 Å². The van der Waals surface area contributed by atoms with Gasteiger partial charge in [-0.05, 0) is 18.2 Å². The maximum absolute atomic E-state index is 13.5. The number of nitrogens with zero attached hydrogens (tertiary/aromatic N) is 1. The second-order valence-corrected chi connectivity index (χ2v) is 4.81. The summed E-state index contributed by atoms with van der Waals surface area (Å²) in [6.45, 7) is 2.82. The van der Waals surface area contributed by atoms with Crippen LogP contribution in [-0.2, 0) is 0 Å². The third kappa shape index (κ3) is 3.64. The first kappa shape index (κ1) is 15.1. The van der Waals surface area contributed by atoms with Crippen LogP contribution >= 0.6 is 0 Å². The van der Waals surface area contributed by atoms with Crippen molar-refractivity contribution in [3.63, 3.8) is 0 Å². The summed E-state index contributed by atoms with van der Waals surface area (Å²) in [4.78, 5) is 1.96. The zero-order valence-corrected chi connectivity index (χ0v) is 11.4. The van der Waals surface area contributed by atoms with Crippen LogP contribution in [0, 0.1) is 5.82 Å². The molecule has 0 amide bonds. The van der Waals surface area contributed by atoms with E-state index in [2.05, 4.69) is 5.32 Å². The van der Waals surface area contributed by atoms with E-state index in [1.807, 2.05) is 4.90 Å². The Balaban J connectivity index is 2.31. The van der Waals surface area contributed by atoms with Crippen molar-refractivity contribution in [1.82, 2.24) is 10.2 Å². The zero-order chi connectivity index (χ0) is 14.5. The molecule has 3 nitrogen and oxygen atoms in total. The van der Waals surface area contributed by atoms with Gasteiger partial charge < -0.3 is 10.1 Å². The Hall–Kier alpha value is -1.27. The third-order valence-electron chi connectivity index (χ3n) is 3.54. The number of benzene rings is 1. The highest BCUT2D eigenvalue weighted by Gasteiger charge is 2.28. The molecule has 1 atom stereocenters. The Labute approximate surface area is 116 Å². The number of rotatable bonds is 5. The summed E-state index contributed by atoms with van der Waals surface area (Å²) in [5.41, 5.74) is 0.495. The van der Waals surface area contributed by atoms with Crippen molar-refractivity contribution in [3.8, 4) is 5.75 Å². The van der Waals surface area contributed by atoms with Crippen LogP contribution in [0.4, 0.5) is 13.2 Å². The van der Waals surface area contributed by atoms with Gasteiger partial charge in [-0.2, -0.15) is 0 Å². The van der Waals surface area contributed by atoms with E-state index in [0.717, 1.165) is 13.1 Å². The van der Waals surface area contributed by atoms with Crippen LogP contribution in [0.3, 0.4) is 0 Å². The minimum Gasteiger partial charge on any atom is -0.496 e. The van der Waals surface area contributed by atoms with Crippen molar-refractivity contribution in [1.29, 1.82) is 0 Å². The van der Waals surface area contributed by atoms with Crippen LogP contribution in [0.25, 0.3) is 0 Å². The fraction of sp³-hybridized carbons (Fsp3) is 0.571. The molecular weight excluding hydrogens is 269 g/mol. The number of hydrogen-bond donors (Lipinski definition) is 1. The van der Waals surface area contributed by atoms with Crippen molar-refractivity contribution < 1.29 is 17.9 Å². The molecule has 0 aliphatic carbocycles. The van der Waals surface area contributed by atoms with E-state index in [4.69, 9.17) is 4.74 Å². The first-order valence-electron chi connectivity index (χ1n) is 6.68. The minimum absolute atomic E-state index is 0.320.